The molecular formula is C15H13FO5S. The van der Waals surface area contributed by atoms with Gasteiger partial charge in [-0.2, -0.15) is 0 Å². The summed E-state index contributed by atoms with van der Waals surface area (Å²) >= 11 is 0. The van der Waals surface area contributed by atoms with Crippen LogP contribution in [0.25, 0.3) is 11.1 Å². The number of sulfone groups is 1. The van der Waals surface area contributed by atoms with Crippen molar-refractivity contribution in [1.29, 1.82) is 0 Å². The van der Waals surface area contributed by atoms with E-state index in [1.54, 1.807) is 0 Å². The van der Waals surface area contributed by atoms with Crippen molar-refractivity contribution >= 4 is 15.8 Å². The minimum atomic E-state index is -3.73. The van der Waals surface area contributed by atoms with Crippen molar-refractivity contribution in [3.8, 4) is 16.9 Å². The van der Waals surface area contributed by atoms with Crippen LogP contribution in [-0.4, -0.2) is 32.9 Å². The zero-order valence-corrected chi connectivity index (χ0v) is 12.6. The molecule has 0 radical (unpaired) electrons. The molecule has 5 nitrogen and oxygen atoms in total. The van der Waals surface area contributed by atoms with Gasteiger partial charge in [-0.1, -0.05) is 6.07 Å². The van der Waals surface area contributed by atoms with Crippen molar-refractivity contribution in [2.24, 2.45) is 0 Å². The van der Waals surface area contributed by atoms with Crippen LogP contribution in [-0.2, 0) is 9.84 Å². The van der Waals surface area contributed by atoms with E-state index in [-0.39, 0.29) is 16.2 Å². The molecule has 0 bridgehead atoms. The van der Waals surface area contributed by atoms with E-state index in [0.717, 1.165) is 6.26 Å². The van der Waals surface area contributed by atoms with Crippen molar-refractivity contribution < 1.29 is 27.4 Å². The fourth-order valence-corrected chi connectivity index (χ4v) is 2.97. The molecule has 0 aliphatic heterocycles. The van der Waals surface area contributed by atoms with Gasteiger partial charge in [0.15, 0.2) is 9.84 Å². The van der Waals surface area contributed by atoms with Crippen LogP contribution in [0, 0.1) is 5.82 Å². The third-order valence-electron chi connectivity index (χ3n) is 3.09. The highest BCUT2D eigenvalue weighted by Crippen LogP contribution is 2.33. The summed E-state index contributed by atoms with van der Waals surface area (Å²) in [5, 5.41) is 9.09. The van der Waals surface area contributed by atoms with E-state index < -0.39 is 21.6 Å². The largest absolute Gasteiger partial charge is 0.496 e. The average Bonchev–Trinajstić information content (AvgIpc) is 2.45. The maximum Gasteiger partial charge on any atom is 0.337 e. The lowest BCUT2D eigenvalue weighted by Gasteiger charge is -2.11. The molecule has 2 rings (SSSR count). The van der Waals surface area contributed by atoms with Crippen LogP contribution < -0.4 is 4.74 Å². The molecule has 22 heavy (non-hydrogen) atoms. The third kappa shape index (κ3) is 3.09. The summed E-state index contributed by atoms with van der Waals surface area (Å²) in [5.41, 5.74) is 0.570. The molecule has 0 saturated carbocycles. The second-order valence-electron chi connectivity index (χ2n) is 4.63. The first-order valence-corrected chi connectivity index (χ1v) is 8.04. The molecule has 0 aliphatic carbocycles. The number of ether oxygens (including phenoxy) is 1. The summed E-state index contributed by atoms with van der Waals surface area (Å²) in [6.45, 7) is 0. The molecule has 0 heterocycles. The normalized spacial score (nSPS) is 11.2. The number of hydrogen-bond acceptors (Lipinski definition) is 4. The van der Waals surface area contributed by atoms with Gasteiger partial charge in [0.1, 0.15) is 11.6 Å². The van der Waals surface area contributed by atoms with Crippen molar-refractivity contribution in [3.63, 3.8) is 0 Å². The maximum absolute atomic E-state index is 13.2. The van der Waals surface area contributed by atoms with Gasteiger partial charge in [0.25, 0.3) is 0 Å². The lowest BCUT2D eigenvalue weighted by atomic mass is 10.0. The number of hydrogen-bond donors (Lipinski definition) is 1. The van der Waals surface area contributed by atoms with E-state index in [1.165, 1.54) is 43.5 Å². The Bertz CT molecular complexity index is 843. The number of carboxylic acids is 1. The second-order valence-corrected chi connectivity index (χ2v) is 6.62. The molecule has 2 aromatic rings. The van der Waals surface area contributed by atoms with Crippen LogP contribution in [0.15, 0.2) is 41.3 Å². The standard InChI is InChI=1S/C15H13FO5S/c1-21-13-8-10(16)4-6-11(13)9-3-5-12(15(17)18)14(7-9)22(2,19)20/h3-8H,1-2H3,(H,17,18). The van der Waals surface area contributed by atoms with Crippen molar-refractivity contribution in [1.82, 2.24) is 0 Å². The van der Waals surface area contributed by atoms with Gasteiger partial charge >= 0.3 is 5.97 Å². The molecule has 0 aliphatic rings. The minimum absolute atomic E-state index is 0.225. The predicted molar refractivity (Wildman–Crippen MR) is 78.5 cm³/mol. The highest BCUT2D eigenvalue weighted by Gasteiger charge is 2.20. The Morgan fingerprint density at radius 2 is 1.86 bits per heavy atom. The van der Waals surface area contributed by atoms with Crippen LogP contribution in [0.5, 0.6) is 5.75 Å². The van der Waals surface area contributed by atoms with Gasteiger partial charge in [0.2, 0.25) is 0 Å². The fourth-order valence-electron chi connectivity index (χ4n) is 2.08. The molecule has 0 spiro atoms. The summed E-state index contributed by atoms with van der Waals surface area (Å²) in [7, 11) is -2.37. The number of carbonyl (C=O) groups is 1. The monoisotopic (exact) mass is 324 g/mol. The van der Waals surface area contributed by atoms with Gasteiger partial charge in [0.05, 0.1) is 17.6 Å². The van der Waals surface area contributed by atoms with Crippen molar-refractivity contribution in [3.05, 3.63) is 47.8 Å². The summed E-state index contributed by atoms with van der Waals surface area (Å²) in [5.74, 6) is -1.60. The first-order valence-electron chi connectivity index (χ1n) is 6.15. The van der Waals surface area contributed by atoms with E-state index in [1.807, 2.05) is 0 Å². The van der Waals surface area contributed by atoms with Crippen LogP contribution in [0.1, 0.15) is 10.4 Å². The fraction of sp³-hybridized carbons (Fsp3) is 0.133. The Labute approximate surface area is 126 Å². The zero-order chi connectivity index (χ0) is 16.5. The summed E-state index contributed by atoms with van der Waals surface area (Å²) in [6, 6.07) is 7.72. The number of carboxylic acid groups (broad SMARTS) is 1. The number of methoxy groups -OCH3 is 1. The molecule has 0 saturated heterocycles. The lowest BCUT2D eigenvalue weighted by molar-refractivity contribution is 0.0692. The first kappa shape index (κ1) is 16.0. The van der Waals surface area contributed by atoms with Gasteiger partial charge in [-0.3, -0.25) is 0 Å². The molecule has 116 valence electrons. The zero-order valence-electron chi connectivity index (χ0n) is 11.8. The maximum atomic E-state index is 13.2. The van der Waals surface area contributed by atoms with Gasteiger partial charge in [0, 0.05) is 17.9 Å². The summed E-state index contributed by atoms with van der Waals surface area (Å²) in [4.78, 5) is 10.8. The lowest BCUT2D eigenvalue weighted by Crippen LogP contribution is -2.08. The molecule has 0 aromatic heterocycles. The van der Waals surface area contributed by atoms with Gasteiger partial charge in [-0.15, -0.1) is 0 Å². The Hall–Kier alpha value is -2.41. The molecule has 0 unspecified atom stereocenters. The SMILES string of the molecule is COc1cc(F)ccc1-c1ccc(C(=O)O)c(S(C)(=O)=O)c1. The third-order valence-corrected chi connectivity index (χ3v) is 4.22. The van der Waals surface area contributed by atoms with Gasteiger partial charge in [-0.25, -0.2) is 17.6 Å². The average molecular weight is 324 g/mol. The number of halogens is 1. The van der Waals surface area contributed by atoms with Crippen LogP contribution in [0.3, 0.4) is 0 Å². The minimum Gasteiger partial charge on any atom is -0.496 e. The molecule has 2 aromatic carbocycles. The Morgan fingerprint density at radius 1 is 1.18 bits per heavy atom. The smallest absolute Gasteiger partial charge is 0.337 e. The first-order chi connectivity index (χ1) is 10.2. The van der Waals surface area contributed by atoms with E-state index in [9.17, 15) is 17.6 Å². The van der Waals surface area contributed by atoms with Crippen LogP contribution in [0.4, 0.5) is 4.39 Å². The quantitative estimate of drug-likeness (QED) is 0.935. The molecular weight excluding hydrogens is 311 g/mol. The molecule has 7 heteroatoms. The second kappa shape index (κ2) is 5.76. The van der Waals surface area contributed by atoms with E-state index in [4.69, 9.17) is 9.84 Å². The predicted octanol–water partition coefficient (Wildman–Crippen LogP) is 2.60. The van der Waals surface area contributed by atoms with Crippen LogP contribution >= 0.6 is 0 Å². The highest BCUT2D eigenvalue weighted by molar-refractivity contribution is 7.90. The molecule has 0 fully saturated rings. The van der Waals surface area contributed by atoms with Gasteiger partial charge < -0.3 is 9.84 Å². The highest BCUT2D eigenvalue weighted by atomic mass is 32.2. The molecule has 0 atom stereocenters. The van der Waals surface area contributed by atoms with E-state index in [2.05, 4.69) is 0 Å². The molecule has 1 N–H and O–H groups in total. The Kier molecular flexibility index (Phi) is 4.18. The molecule has 0 amide bonds. The van der Waals surface area contributed by atoms with Gasteiger partial charge in [-0.05, 0) is 29.8 Å². The summed E-state index contributed by atoms with van der Waals surface area (Å²) < 4.78 is 41.9. The number of benzene rings is 2. The van der Waals surface area contributed by atoms with Crippen molar-refractivity contribution in [2.75, 3.05) is 13.4 Å². The number of rotatable bonds is 4. The van der Waals surface area contributed by atoms with Crippen molar-refractivity contribution in [2.45, 2.75) is 4.90 Å². The topological polar surface area (TPSA) is 80.7 Å². The van der Waals surface area contributed by atoms with E-state index >= 15 is 0 Å². The number of aromatic carboxylic acids is 1. The Morgan fingerprint density at radius 3 is 2.41 bits per heavy atom. The summed E-state index contributed by atoms with van der Waals surface area (Å²) in [6.07, 6.45) is 0.931. The van der Waals surface area contributed by atoms with Crippen LogP contribution in [0.2, 0.25) is 0 Å². The van der Waals surface area contributed by atoms with E-state index in [0.29, 0.717) is 11.1 Å². The Balaban J connectivity index is 2.71.